The monoisotopic (exact) mass is 386 g/mol. The number of hydrogen-bond acceptors (Lipinski definition) is 4. The number of rotatable bonds is 8. The highest BCUT2D eigenvalue weighted by Crippen LogP contribution is 2.25. The normalized spacial score (nSPS) is 15.2. The molecule has 3 rings (SSSR count). The van der Waals surface area contributed by atoms with Crippen molar-refractivity contribution in [3.8, 4) is 11.5 Å². The van der Waals surface area contributed by atoms with Gasteiger partial charge in [0, 0.05) is 12.5 Å². The fraction of sp³-hybridized carbons (Fsp3) is 0.409. The minimum atomic E-state index is -0.214. The Morgan fingerprint density at radius 1 is 1.11 bits per heavy atom. The summed E-state index contributed by atoms with van der Waals surface area (Å²) in [4.78, 5) is 14.7. The van der Waals surface area contributed by atoms with E-state index in [-0.39, 0.29) is 17.6 Å². The van der Waals surface area contributed by atoms with Gasteiger partial charge in [-0.05, 0) is 55.8 Å². The van der Waals surface area contributed by atoms with Crippen LogP contribution in [0, 0.1) is 11.7 Å². The van der Waals surface area contributed by atoms with E-state index in [9.17, 15) is 9.18 Å². The van der Waals surface area contributed by atoms with Gasteiger partial charge in [0.2, 0.25) is 5.91 Å². The van der Waals surface area contributed by atoms with E-state index in [1.807, 2.05) is 36.4 Å². The first kappa shape index (κ1) is 20.1. The molecule has 0 unspecified atom stereocenters. The first-order chi connectivity index (χ1) is 13.7. The molecule has 0 aliphatic carbocycles. The van der Waals surface area contributed by atoms with Gasteiger partial charge in [0.15, 0.2) is 11.5 Å². The number of likely N-dealkylation sites (tertiary alicyclic amines) is 1. The number of piperidine rings is 1. The van der Waals surface area contributed by atoms with Crippen LogP contribution >= 0.6 is 0 Å². The van der Waals surface area contributed by atoms with Crippen molar-refractivity contribution in [2.24, 2.45) is 5.92 Å². The first-order valence-electron chi connectivity index (χ1n) is 9.66. The van der Waals surface area contributed by atoms with Crippen LogP contribution < -0.4 is 14.8 Å². The van der Waals surface area contributed by atoms with E-state index in [1.54, 1.807) is 7.11 Å². The highest BCUT2D eigenvalue weighted by Gasteiger charge is 2.24. The Morgan fingerprint density at radius 2 is 1.79 bits per heavy atom. The highest BCUT2D eigenvalue weighted by molar-refractivity contribution is 5.78. The van der Waals surface area contributed by atoms with Gasteiger partial charge >= 0.3 is 0 Å². The molecule has 2 aromatic carbocycles. The van der Waals surface area contributed by atoms with Crippen LogP contribution in [-0.2, 0) is 11.3 Å². The zero-order valence-corrected chi connectivity index (χ0v) is 16.2. The van der Waals surface area contributed by atoms with Crippen molar-refractivity contribution in [3.63, 3.8) is 0 Å². The number of carbonyl (C=O) groups excluding carboxylic acids is 1. The van der Waals surface area contributed by atoms with Crippen LogP contribution in [0.1, 0.15) is 18.4 Å². The van der Waals surface area contributed by atoms with Crippen molar-refractivity contribution < 1.29 is 18.7 Å². The number of amides is 1. The lowest BCUT2D eigenvalue weighted by atomic mass is 9.95. The SMILES string of the molecule is COc1ccccc1OCCNC(=O)C1CCN(Cc2ccc(F)cc2)CC1. The minimum absolute atomic E-state index is 0.0377. The summed E-state index contributed by atoms with van der Waals surface area (Å²) in [7, 11) is 1.60. The Labute approximate surface area is 165 Å². The molecule has 1 saturated heterocycles. The molecule has 6 heteroatoms. The van der Waals surface area contributed by atoms with Crippen LogP contribution in [0.3, 0.4) is 0 Å². The largest absolute Gasteiger partial charge is 0.493 e. The van der Waals surface area contributed by atoms with Crippen molar-refractivity contribution in [2.75, 3.05) is 33.4 Å². The molecular formula is C22H27FN2O3. The molecule has 1 aliphatic heterocycles. The van der Waals surface area contributed by atoms with Crippen LogP contribution in [0.15, 0.2) is 48.5 Å². The van der Waals surface area contributed by atoms with E-state index in [0.29, 0.717) is 24.7 Å². The highest BCUT2D eigenvalue weighted by atomic mass is 19.1. The van der Waals surface area contributed by atoms with E-state index in [1.165, 1.54) is 12.1 Å². The predicted octanol–water partition coefficient (Wildman–Crippen LogP) is 3.24. The summed E-state index contributed by atoms with van der Waals surface area (Å²) in [6.07, 6.45) is 1.67. The zero-order valence-electron chi connectivity index (χ0n) is 16.2. The number of hydrogen-bond donors (Lipinski definition) is 1. The van der Waals surface area contributed by atoms with Crippen LogP contribution in [0.4, 0.5) is 4.39 Å². The molecule has 150 valence electrons. The molecule has 0 radical (unpaired) electrons. The topological polar surface area (TPSA) is 50.8 Å². The number of halogens is 1. The van der Waals surface area contributed by atoms with E-state index in [4.69, 9.17) is 9.47 Å². The Balaban J connectivity index is 1.35. The molecule has 0 atom stereocenters. The lowest BCUT2D eigenvalue weighted by Crippen LogP contribution is -2.41. The first-order valence-corrected chi connectivity index (χ1v) is 9.66. The molecule has 0 saturated carbocycles. The second-order valence-electron chi connectivity index (χ2n) is 6.97. The molecule has 0 bridgehead atoms. The lowest BCUT2D eigenvalue weighted by Gasteiger charge is -2.31. The van der Waals surface area contributed by atoms with Gasteiger partial charge in [-0.15, -0.1) is 0 Å². The molecule has 1 fully saturated rings. The average Bonchev–Trinajstić information content (AvgIpc) is 2.73. The summed E-state index contributed by atoms with van der Waals surface area (Å²) in [6, 6.07) is 14.1. The van der Waals surface area contributed by atoms with Crippen LogP contribution in [-0.4, -0.2) is 44.2 Å². The maximum absolute atomic E-state index is 13.0. The van der Waals surface area contributed by atoms with Gasteiger partial charge < -0.3 is 14.8 Å². The molecule has 1 amide bonds. The molecule has 0 spiro atoms. The summed E-state index contributed by atoms with van der Waals surface area (Å²) in [5, 5.41) is 2.97. The van der Waals surface area contributed by atoms with Crippen molar-refractivity contribution >= 4 is 5.91 Å². The molecule has 2 aromatic rings. The van der Waals surface area contributed by atoms with Crippen molar-refractivity contribution in [1.82, 2.24) is 10.2 Å². The average molecular weight is 386 g/mol. The third-order valence-corrected chi connectivity index (χ3v) is 5.01. The third-order valence-electron chi connectivity index (χ3n) is 5.01. The molecule has 5 nitrogen and oxygen atoms in total. The van der Waals surface area contributed by atoms with Gasteiger partial charge in [-0.3, -0.25) is 9.69 Å². The summed E-state index contributed by atoms with van der Waals surface area (Å²) >= 11 is 0. The van der Waals surface area contributed by atoms with Crippen molar-refractivity contribution in [1.29, 1.82) is 0 Å². The van der Waals surface area contributed by atoms with Gasteiger partial charge in [-0.25, -0.2) is 4.39 Å². The standard InChI is InChI=1S/C22H27FN2O3/c1-27-20-4-2-3-5-21(20)28-15-12-24-22(26)18-10-13-25(14-11-18)16-17-6-8-19(23)9-7-17/h2-9,18H,10-16H2,1H3,(H,24,26). The Bertz CT molecular complexity index is 759. The van der Waals surface area contributed by atoms with E-state index in [0.717, 1.165) is 38.0 Å². The summed E-state index contributed by atoms with van der Waals surface area (Å²) in [5.41, 5.74) is 1.10. The van der Waals surface area contributed by atoms with Crippen molar-refractivity contribution in [2.45, 2.75) is 19.4 Å². The predicted molar refractivity (Wildman–Crippen MR) is 106 cm³/mol. The number of carbonyl (C=O) groups is 1. The number of nitrogens with zero attached hydrogens (tertiary/aromatic N) is 1. The quantitative estimate of drug-likeness (QED) is 0.708. The maximum atomic E-state index is 13.0. The van der Waals surface area contributed by atoms with E-state index in [2.05, 4.69) is 10.2 Å². The summed E-state index contributed by atoms with van der Waals surface area (Å²) < 4.78 is 23.9. The van der Waals surface area contributed by atoms with Crippen LogP contribution in [0.25, 0.3) is 0 Å². The number of nitrogens with one attached hydrogen (secondary N) is 1. The number of methoxy groups -OCH3 is 1. The molecule has 0 aromatic heterocycles. The van der Waals surface area contributed by atoms with E-state index < -0.39 is 0 Å². The van der Waals surface area contributed by atoms with Gasteiger partial charge in [0.05, 0.1) is 13.7 Å². The minimum Gasteiger partial charge on any atom is -0.493 e. The Kier molecular flexibility index (Phi) is 7.25. The van der Waals surface area contributed by atoms with Gasteiger partial charge in [-0.2, -0.15) is 0 Å². The zero-order chi connectivity index (χ0) is 19.8. The van der Waals surface area contributed by atoms with Crippen molar-refractivity contribution in [3.05, 3.63) is 59.9 Å². The maximum Gasteiger partial charge on any atom is 0.223 e. The van der Waals surface area contributed by atoms with E-state index >= 15 is 0 Å². The second-order valence-corrected chi connectivity index (χ2v) is 6.97. The van der Waals surface area contributed by atoms with Crippen LogP contribution in [0.5, 0.6) is 11.5 Å². The molecule has 1 N–H and O–H groups in total. The molecular weight excluding hydrogens is 359 g/mol. The molecule has 1 heterocycles. The fourth-order valence-electron chi connectivity index (χ4n) is 3.42. The third kappa shape index (κ3) is 5.70. The number of para-hydroxylation sites is 2. The Hall–Kier alpha value is -2.60. The Morgan fingerprint density at radius 3 is 2.46 bits per heavy atom. The van der Waals surface area contributed by atoms with Gasteiger partial charge in [-0.1, -0.05) is 24.3 Å². The van der Waals surface area contributed by atoms with Gasteiger partial charge in [0.25, 0.3) is 0 Å². The fourth-order valence-corrected chi connectivity index (χ4v) is 3.42. The summed E-state index contributed by atoms with van der Waals surface area (Å²) in [5.74, 6) is 1.27. The summed E-state index contributed by atoms with van der Waals surface area (Å²) in [6.45, 7) is 3.39. The smallest absolute Gasteiger partial charge is 0.223 e. The van der Waals surface area contributed by atoms with Gasteiger partial charge in [0.1, 0.15) is 12.4 Å². The molecule has 1 aliphatic rings. The second kappa shape index (κ2) is 10.1. The number of ether oxygens (including phenoxy) is 2. The van der Waals surface area contributed by atoms with Crippen LogP contribution in [0.2, 0.25) is 0 Å². The lowest BCUT2D eigenvalue weighted by molar-refractivity contribution is -0.126. The number of benzene rings is 2. The molecule has 28 heavy (non-hydrogen) atoms.